The van der Waals surface area contributed by atoms with Gasteiger partial charge >= 0.3 is 6.18 Å². The summed E-state index contributed by atoms with van der Waals surface area (Å²) >= 11 is 5.69. The van der Waals surface area contributed by atoms with Crippen molar-refractivity contribution in [2.75, 3.05) is 26.8 Å². The molecule has 3 nitrogen and oxygen atoms in total. The van der Waals surface area contributed by atoms with E-state index in [0.29, 0.717) is 6.54 Å². The summed E-state index contributed by atoms with van der Waals surface area (Å²) in [4.78, 5) is 0. The van der Waals surface area contributed by atoms with Gasteiger partial charge in [0.2, 0.25) is 0 Å². The molecule has 1 heterocycles. The number of methoxy groups -OCH3 is 1. The quantitative estimate of drug-likeness (QED) is 0.901. The Morgan fingerprint density at radius 1 is 1.43 bits per heavy atom. The zero-order valence-corrected chi connectivity index (χ0v) is 12.3. The Hall–Kier alpha value is -0.980. The Morgan fingerprint density at radius 3 is 2.76 bits per heavy atom. The zero-order valence-electron chi connectivity index (χ0n) is 11.5. The van der Waals surface area contributed by atoms with Crippen molar-refractivity contribution in [3.8, 4) is 5.75 Å². The van der Waals surface area contributed by atoms with E-state index in [1.54, 1.807) is 0 Å². The highest BCUT2D eigenvalue weighted by Crippen LogP contribution is 2.41. The summed E-state index contributed by atoms with van der Waals surface area (Å²) in [5.41, 5.74) is -0.932. The lowest BCUT2D eigenvalue weighted by molar-refractivity contribution is -0.139. The molecular formula is C14H17ClF3NO2. The third-order valence-electron chi connectivity index (χ3n) is 3.49. The first kappa shape index (κ1) is 16.4. The van der Waals surface area contributed by atoms with E-state index >= 15 is 0 Å². The molecule has 1 aromatic rings. The van der Waals surface area contributed by atoms with E-state index in [4.69, 9.17) is 21.1 Å². The third kappa shape index (κ3) is 4.02. The van der Waals surface area contributed by atoms with E-state index in [2.05, 4.69) is 5.32 Å². The van der Waals surface area contributed by atoms with Crippen LogP contribution in [0, 0.1) is 5.92 Å². The molecule has 0 aromatic heterocycles. The minimum atomic E-state index is -4.56. The maximum atomic E-state index is 13.1. The lowest BCUT2D eigenvalue weighted by Gasteiger charge is -2.25. The average molecular weight is 324 g/mol. The monoisotopic (exact) mass is 323 g/mol. The van der Waals surface area contributed by atoms with Gasteiger partial charge in [0.15, 0.2) is 0 Å². The SMILES string of the molecule is COC[C@@H](Oc1cccc(Cl)c1C(F)(F)F)C1CCNC1. The molecule has 7 heteroatoms. The highest BCUT2D eigenvalue weighted by Gasteiger charge is 2.38. The van der Waals surface area contributed by atoms with Crippen LogP contribution < -0.4 is 10.1 Å². The molecule has 1 unspecified atom stereocenters. The second-order valence-corrected chi connectivity index (χ2v) is 5.38. The summed E-state index contributed by atoms with van der Waals surface area (Å²) in [5.74, 6) is -0.131. The Morgan fingerprint density at radius 2 is 2.19 bits per heavy atom. The molecule has 2 rings (SSSR count). The number of hydrogen-bond acceptors (Lipinski definition) is 3. The Bertz CT molecular complexity index is 476. The van der Waals surface area contributed by atoms with Gasteiger partial charge in [-0.2, -0.15) is 13.2 Å². The summed E-state index contributed by atoms with van der Waals surface area (Å²) < 4.78 is 50.0. The van der Waals surface area contributed by atoms with Gasteiger partial charge in [0.05, 0.1) is 11.6 Å². The van der Waals surface area contributed by atoms with Crippen LogP contribution in [0.1, 0.15) is 12.0 Å². The van der Waals surface area contributed by atoms with Crippen LogP contribution >= 0.6 is 11.6 Å². The fourth-order valence-electron chi connectivity index (χ4n) is 2.47. The molecular weight excluding hydrogens is 307 g/mol. The maximum absolute atomic E-state index is 13.1. The fraction of sp³-hybridized carbons (Fsp3) is 0.571. The standard InChI is InChI=1S/C14H17ClF3NO2/c1-20-8-12(9-5-6-19-7-9)21-11-4-2-3-10(15)13(11)14(16,17)18/h2-4,9,12,19H,5-8H2,1H3/t9?,12-/m1/s1. The number of halogens is 4. The van der Waals surface area contributed by atoms with Gasteiger partial charge < -0.3 is 14.8 Å². The van der Waals surface area contributed by atoms with Gasteiger partial charge in [0.25, 0.3) is 0 Å². The van der Waals surface area contributed by atoms with E-state index in [1.807, 2.05) is 0 Å². The van der Waals surface area contributed by atoms with E-state index in [1.165, 1.54) is 25.3 Å². The van der Waals surface area contributed by atoms with Crippen molar-refractivity contribution in [1.82, 2.24) is 5.32 Å². The largest absolute Gasteiger partial charge is 0.487 e. The van der Waals surface area contributed by atoms with Crippen molar-refractivity contribution in [3.05, 3.63) is 28.8 Å². The van der Waals surface area contributed by atoms with Gasteiger partial charge in [0.1, 0.15) is 17.4 Å². The molecule has 0 spiro atoms. The van der Waals surface area contributed by atoms with Crippen LogP contribution in [0.2, 0.25) is 5.02 Å². The molecule has 0 aliphatic carbocycles. The van der Waals surface area contributed by atoms with Gasteiger partial charge in [-0.25, -0.2) is 0 Å². The molecule has 1 aromatic carbocycles. The number of benzene rings is 1. The molecule has 1 N–H and O–H groups in total. The molecule has 0 bridgehead atoms. The number of alkyl halides is 3. The van der Waals surface area contributed by atoms with Crippen LogP contribution in [0.4, 0.5) is 13.2 Å². The summed E-state index contributed by atoms with van der Waals surface area (Å²) in [6.45, 7) is 1.77. The molecule has 118 valence electrons. The summed E-state index contributed by atoms with van der Waals surface area (Å²) in [6.07, 6.45) is -4.15. The minimum Gasteiger partial charge on any atom is -0.487 e. The van der Waals surface area contributed by atoms with Crippen LogP contribution in [0.5, 0.6) is 5.75 Å². The topological polar surface area (TPSA) is 30.5 Å². The van der Waals surface area contributed by atoms with Crippen LogP contribution in [0.3, 0.4) is 0 Å². The van der Waals surface area contributed by atoms with Crippen molar-refractivity contribution in [1.29, 1.82) is 0 Å². The lowest BCUT2D eigenvalue weighted by Crippen LogP contribution is -2.33. The van der Waals surface area contributed by atoms with Crippen molar-refractivity contribution < 1.29 is 22.6 Å². The van der Waals surface area contributed by atoms with Crippen molar-refractivity contribution >= 4 is 11.6 Å². The first-order chi connectivity index (χ1) is 9.93. The zero-order chi connectivity index (χ0) is 15.5. The van der Waals surface area contributed by atoms with Crippen LogP contribution in [0.25, 0.3) is 0 Å². The maximum Gasteiger partial charge on any atom is 0.421 e. The molecule has 1 fully saturated rings. The number of ether oxygens (including phenoxy) is 2. The second-order valence-electron chi connectivity index (χ2n) is 4.98. The summed E-state index contributed by atoms with van der Waals surface area (Å²) in [5, 5.41) is 2.81. The van der Waals surface area contributed by atoms with E-state index in [0.717, 1.165) is 13.0 Å². The normalized spacial score (nSPS) is 20.5. The smallest absolute Gasteiger partial charge is 0.421 e. The predicted molar refractivity (Wildman–Crippen MR) is 73.7 cm³/mol. The molecule has 21 heavy (non-hydrogen) atoms. The lowest BCUT2D eigenvalue weighted by atomic mass is 10.0. The highest BCUT2D eigenvalue weighted by atomic mass is 35.5. The average Bonchev–Trinajstić information content (AvgIpc) is 2.90. The number of rotatable bonds is 5. The Labute approximate surface area is 126 Å². The summed E-state index contributed by atoms with van der Waals surface area (Å²) in [7, 11) is 1.50. The molecule has 2 atom stereocenters. The second kappa shape index (κ2) is 6.85. The number of hydrogen-bond donors (Lipinski definition) is 1. The molecule has 0 saturated carbocycles. The van der Waals surface area contributed by atoms with Gasteiger partial charge in [-0.15, -0.1) is 0 Å². The molecule has 0 radical (unpaired) electrons. The molecule has 1 aliphatic rings. The predicted octanol–water partition coefficient (Wildman–Crippen LogP) is 3.36. The fourth-order valence-corrected chi connectivity index (χ4v) is 2.74. The molecule has 1 aliphatic heterocycles. The van der Waals surface area contributed by atoms with E-state index in [-0.39, 0.29) is 23.3 Å². The third-order valence-corrected chi connectivity index (χ3v) is 3.81. The molecule has 1 saturated heterocycles. The van der Waals surface area contributed by atoms with Crippen LogP contribution in [-0.4, -0.2) is 32.9 Å². The van der Waals surface area contributed by atoms with Gasteiger partial charge in [-0.3, -0.25) is 0 Å². The Balaban J connectivity index is 2.26. The van der Waals surface area contributed by atoms with Crippen molar-refractivity contribution in [2.24, 2.45) is 5.92 Å². The van der Waals surface area contributed by atoms with Gasteiger partial charge in [-0.05, 0) is 25.1 Å². The van der Waals surface area contributed by atoms with Crippen molar-refractivity contribution in [3.63, 3.8) is 0 Å². The Kier molecular flexibility index (Phi) is 5.35. The first-order valence-corrected chi connectivity index (χ1v) is 7.03. The summed E-state index contributed by atoms with van der Waals surface area (Å²) in [6, 6.07) is 3.95. The van der Waals surface area contributed by atoms with Gasteiger partial charge in [-0.1, -0.05) is 17.7 Å². The van der Waals surface area contributed by atoms with Crippen LogP contribution in [-0.2, 0) is 10.9 Å². The molecule has 0 amide bonds. The van der Waals surface area contributed by atoms with Crippen molar-refractivity contribution in [2.45, 2.75) is 18.7 Å². The van der Waals surface area contributed by atoms with E-state index < -0.39 is 17.8 Å². The minimum absolute atomic E-state index is 0.116. The number of nitrogens with one attached hydrogen (secondary N) is 1. The van der Waals surface area contributed by atoms with E-state index in [9.17, 15) is 13.2 Å². The van der Waals surface area contributed by atoms with Crippen LogP contribution in [0.15, 0.2) is 18.2 Å². The first-order valence-electron chi connectivity index (χ1n) is 6.65. The van der Waals surface area contributed by atoms with Gasteiger partial charge in [0, 0.05) is 19.6 Å². The highest BCUT2D eigenvalue weighted by molar-refractivity contribution is 6.31.